The molecule has 4 heteroatoms. The summed E-state index contributed by atoms with van der Waals surface area (Å²) in [5, 5.41) is 2.56. The number of hydrogen-bond acceptors (Lipinski definition) is 2. The van der Waals surface area contributed by atoms with Gasteiger partial charge < -0.3 is 5.32 Å². The van der Waals surface area contributed by atoms with Gasteiger partial charge in [0.1, 0.15) is 0 Å². The standard InChI is InChI=1S/C5H13N3O/c1-4(2)3-7-5(9)8-6/h4H,3,6H2,1-2H3,(H2,7,8,9). The fraction of sp³-hybridized carbons (Fsp3) is 0.800. The van der Waals surface area contributed by atoms with Crippen molar-refractivity contribution in [3.8, 4) is 0 Å². The fourth-order valence-electron chi connectivity index (χ4n) is 0.348. The van der Waals surface area contributed by atoms with E-state index < -0.39 is 0 Å². The number of hydrogen-bond donors (Lipinski definition) is 3. The van der Waals surface area contributed by atoms with Crippen LogP contribution in [0.4, 0.5) is 4.79 Å². The van der Waals surface area contributed by atoms with Crippen LogP contribution in [0.5, 0.6) is 0 Å². The Kier molecular flexibility index (Phi) is 3.79. The Bertz CT molecular complexity index is 92.2. The zero-order valence-corrected chi connectivity index (χ0v) is 5.77. The second-order valence-electron chi connectivity index (χ2n) is 2.25. The quantitative estimate of drug-likeness (QED) is 0.276. The van der Waals surface area contributed by atoms with Crippen molar-refractivity contribution in [2.24, 2.45) is 11.8 Å². The van der Waals surface area contributed by atoms with Gasteiger partial charge in [-0.15, -0.1) is 0 Å². The molecule has 54 valence electrons. The van der Waals surface area contributed by atoms with E-state index in [9.17, 15) is 4.79 Å². The van der Waals surface area contributed by atoms with E-state index in [1.807, 2.05) is 19.3 Å². The largest absolute Gasteiger partial charge is 0.337 e. The lowest BCUT2D eigenvalue weighted by molar-refractivity contribution is 0.240. The Morgan fingerprint density at radius 3 is 2.56 bits per heavy atom. The average molecular weight is 131 g/mol. The molecule has 0 aliphatic heterocycles. The summed E-state index contributed by atoms with van der Waals surface area (Å²) in [7, 11) is 0. The molecule has 0 saturated carbocycles. The summed E-state index contributed by atoms with van der Waals surface area (Å²) in [6.45, 7) is 4.68. The van der Waals surface area contributed by atoms with Gasteiger partial charge in [-0.2, -0.15) is 0 Å². The minimum Gasteiger partial charge on any atom is -0.337 e. The molecule has 0 atom stereocenters. The molecule has 0 heterocycles. The van der Waals surface area contributed by atoms with Crippen LogP contribution in [0.15, 0.2) is 0 Å². The molecule has 0 aromatic heterocycles. The molecular weight excluding hydrogens is 118 g/mol. The first kappa shape index (κ1) is 8.23. The van der Waals surface area contributed by atoms with Crippen molar-refractivity contribution < 1.29 is 4.79 Å². The van der Waals surface area contributed by atoms with Gasteiger partial charge in [0.15, 0.2) is 0 Å². The molecule has 0 radical (unpaired) electrons. The minimum absolute atomic E-state index is 0.330. The SMILES string of the molecule is CC(C)CNC(=O)NN. The van der Waals surface area contributed by atoms with Crippen LogP contribution in [0.25, 0.3) is 0 Å². The van der Waals surface area contributed by atoms with Crippen LogP contribution >= 0.6 is 0 Å². The van der Waals surface area contributed by atoms with E-state index in [0.717, 1.165) is 0 Å². The van der Waals surface area contributed by atoms with Crippen molar-refractivity contribution in [3.05, 3.63) is 0 Å². The van der Waals surface area contributed by atoms with E-state index in [1.165, 1.54) is 0 Å². The zero-order chi connectivity index (χ0) is 7.28. The fourth-order valence-corrected chi connectivity index (χ4v) is 0.348. The molecule has 0 rings (SSSR count). The minimum atomic E-state index is -0.330. The van der Waals surface area contributed by atoms with Crippen molar-refractivity contribution in [3.63, 3.8) is 0 Å². The number of amides is 2. The number of carbonyl (C=O) groups excluding carboxylic acids is 1. The molecule has 4 nitrogen and oxygen atoms in total. The third-order valence-electron chi connectivity index (χ3n) is 0.802. The molecule has 0 saturated heterocycles. The maximum absolute atomic E-state index is 10.4. The van der Waals surface area contributed by atoms with Gasteiger partial charge in [-0.25, -0.2) is 10.6 Å². The lowest BCUT2D eigenvalue weighted by atomic mass is 10.2. The maximum Gasteiger partial charge on any atom is 0.328 e. The van der Waals surface area contributed by atoms with Crippen molar-refractivity contribution >= 4 is 6.03 Å². The topological polar surface area (TPSA) is 67.2 Å². The number of nitrogens with two attached hydrogens (primary N) is 1. The maximum atomic E-state index is 10.4. The third-order valence-corrected chi connectivity index (χ3v) is 0.802. The Morgan fingerprint density at radius 2 is 2.22 bits per heavy atom. The summed E-state index contributed by atoms with van der Waals surface area (Å²) >= 11 is 0. The number of urea groups is 1. The molecule has 0 aliphatic rings. The second-order valence-corrected chi connectivity index (χ2v) is 2.25. The zero-order valence-electron chi connectivity index (χ0n) is 5.77. The molecule has 2 amide bonds. The van der Waals surface area contributed by atoms with Gasteiger partial charge in [-0.05, 0) is 5.92 Å². The number of carbonyl (C=O) groups is 1. The van der Waals surface area contributed by atoms with Crippen LogP contribution in [0, 0.1) is 5.92 Å². The first-order valence-corrected chi connectivity index (χ1v) is 2.91. The van der Waals surface area contributed by atoms with Crippen molar-refractivity contribution in [2.45, 2.75) is 13.8 Å². The van der Waals surface area contributed by atoms with Crippen molar-refractivity contribution in [1.29, 1.82) is 0 Å². The van der Waals surface area contributed by atoms with Gasteiger partial charge in [-0.1, -0.05) is 13.8 Å². The summed E-state index contributed by atoms with van der Waals surface area (Å²) < 4.78 is 0. The highest BCUT2D eigenvalue weighted by atomic mass is 16.2. The predicted octanol–water partition coefficient (Wildman–Crippen LogP) is -0.185. The van der Waals surface area contributed by atoms with Gasteiger partial charge in [-0.3, -0.25) is 5.43 Å². The summed E-state index contributed by atoms with van der Waals surface area (Å²) in [4.78, 5) is 10.4. The van der Waals surface area contributed by atoms with Crippen LogP contribution < -0.4 is 16.6 Å². The third kappa shape index (κ3) is 5.10. The molecule has 0 aromatic carbocycles. The summed E-state index contributed by atoms with van der Waals surface area (Å²) in [5.41, 5.74) is 1.97. The highest BCUT2D eigenvalue weighted by molar-refractivity contribution is 5.72. The molecule has 0 aromatic rings. The van der Waals surface area contributed by atoms with Gasteiger partial charge in [0, 0.05) is 6.54 Å². The van der Waals surface area contributed by atoms with Gasteiger partial charge >= 0.3 is 6.03 Å². The summed E-state index contributed by atoms with van der Waals surface area (Å²) in [6, 6.07) is -0.330. The van der Waals surface area contributed by atoms with E-state index in [4.69, 9.17) is 5.84 Å². The first-order valence-electron chi connectivity index (χ1n) is 2.91. The number of hydrazine groups is 1. The summed E-state index contributed by atoms with van der Waals surface area (Å²) in [6.07, 6.45) is 0. The van der Waals surface area contributed by atoms with Gasteiger partial charge in [0.2, 0.25) is 0 Å². The molecular formula is C5H13N3O. The van der Waals surface area contributed by atoms with Crippen LogP contribution in [-0.4, -0.2) is 12.6 Å². The van der Waals surface area contributed by atoms with Crippen molar-refractivity contribution in [1.82, 2.24) is 10.7 Å². The van der Waals surface area contributed by atoms with E-state index in [2.05, 4.69) is 5.32 Å². The van der Waals surface area contributed by atoms with Crippen LogP contribution in [0.3, 0.4) is 0 Å². The monoisotopic (exact) mass is 131 g/mol. The lowest BCUT2D eigenvalue weighted by Crippen LogP contribution is -2.41. The highest BCUT2D eigenvalue weighted by Crippen LogP contribution is 1.85. The molecule has 0 fully saturated rings. The van der Waals surface area contributed by atoms with Gasteiger partial charge in [0.05, 0.1) is 0 Å². The molecule has 0 unspecified atom stereocenters. The van der Waals surface area contributed by atoms with Crippen LogP contribution in [0.2, 0.25) is 0 Å². The first-order chi connectivity index (χ1) is 4.16. The lowest BCUT2D eigenvalue weighted by Gasteiger charge is -2.05. The second kappa shape index (κ2) is 4.14. The van der Waals surface area contributed by atoms with E-state index in [0.29, 0.717) is 12.5 Å². The molecule has 4 N–H and O–H groups in total. The molecule has 0 bridgehead atoms. The Balaban J connectivity index is 3.17. The molecule has 9 heavy (non-hydrogen) atoms. The molecule has 0 spiro atoms. The van der Waals surface area contributed by atoms with E-state index >= 15 is 0 Å². The predicted molar refractivity (Wildman–Crippen MR) is 35.6 cm³/mol. The number of nitrogens with one attached hydrogen (secondary N) is 2. The Hall–Kier alpha value is -0.770. The Labute approximate surface area is 54.8 Å². The van der Waals surface area contributed by atoms with Crippen LogP contribution in [-0.2, 0) is 0 Å². The van der Waals surface area contributed by atoms with E-state index in [-0.39, 0.29) is 6.03 Å². The van der Waals surface area contributed by atoms with Crippen molar-refractivity contribution in [2.75, 3.05) is 6.54 Å². The van der Waals surface area contributed by atoms with Crippen LogP contribution in [0.1, 0.15) is 13.8 Å². The summed E-state index contributed by atoms with van der Waals surface area (Å²) in [5.74, 6) is 5.26. The average Bonchev–Trinajstić information content (AvgIpc) is 1.83. The molecule has 0 aliphatic carbocycles. The Morgan fingerprint density at radius 1 is 1.67 bits per heavy atom. The van der Waals surface area contributed by atoms with Gasteiger partial charge in [0.25, 0.3) is 0 Å². The normalized spacial score (nSPS) is 9.33. The number of rotatable bonds is 2. The van der Waals surface area contributed by atoms with E-state index in [1.54, 1.807) is 0 Å². The smallest absolute Gasteiger partial charge is 0.328 e. The highest BCUT2D eigenvalue weighted by Gasteiger charge is 1.96.